The molecule has 180 valence electrons. The van der Waals surface area contributed by atoms with Gasteiger partial charge < -0.3 is 24.6 Å². The Labute approximate surface area is 192 Å². The van der Waals surface area contributed by atoms with Crippen molar-refractivity contribution in [3.63, 3.8) is 0 Å². The number of aliphatic hydroxyl groups is 1. The van der Waals surface area contributed by atoms with Crippen molar-refractivity contribution in [1.82, 2.24) is 15.3 Å². The van der Waals surface area contributed by atoms with Crippen molar-refractivity contribution in [2.24, 2.45) is 5.92 Å². The van der Waals surface area contributed by atoms with E-state index >= 15 is 4.39 Å². The number of halogens is 1. The monoisotopic (exact) mass is 481 g/mol. The smallest absolute Gasteiger partial charge is 0.413 e. The van der Waals surface area contributed by atoms with Crippen LogP contribution in [0.25, 0.3) is 0 Å². The first-order valence-electron chi connectivity index (χ1n) is 10.8. The lowest BCUT2D eigenvalue weighted by atomic mass is 10.1. The molecule has 1 saturated heterocycles. The third kappa shape index (κ3) is 4.46. The van der Waals surface area contributed by atoms with E-state index in [0.717, 1.165) is 0 Å². The Morgan fingerprint density at radius 1 is 1.39 bits per heavy atom. The van der Waals surface area contributed by atoms with Crippen LogP contribution in [0.3, 0.4) is 0 Å². The van der Waals surface area contributed by atoms with Crippen molar-refractivity contribution < 1.29 is 32.6 Å². The zero-order valence-corrected chi connectivity index (χ0v) is 19.6. The van der Waals surface area contributed by atoms with Crippen LogP contribution in [0.2, 0.25) is 0 Å². The van der Waals surface area contributed by atoms with E-state index in [1.807, 2.05) is 20.8 Å². The highest BCUT2D eigenvalue weighted by Gasteiger charge is 2.83. The number of nitrogens with one attached hydrogen (secondary N) is 2. The molecule has 4 rings (SSSR count). The first kappa shape index (κ1) is 23.9. The van der Waals surface area contributed by atoms with Gasteiger partial charge in [-0.3, -0.25) is 9.32 Å². The van der Waals surface area contributed by atoms with E-state index in [1.165, 1.54) is 17.2 Å². The molecule has 3 aliphatic rings. The van der Waals surface area contributed by atoms with Gasteiger partial charge in [0.05, 0.1) is 6.61 Å². The molecule has 33 heavy (non-hydrogen) atoms. The molecule has 1 aromatic carbocycles. The van der Waals surface area contributed by atoms with Crippen molar-refractivity contribution >= 4 is 13.7 Å². The molecular formula is C22H29FN3O6P. The first-order valence-corrected chi connectivity index (χ1v) is 12.3. The Morgan fingerprint density at radius 3 is 2.73 bits per heavy atom. The third-order valence-electron chi connectivity index (χ3n) is 6.28. The lowest BCUT2D eigenvalue weighted by molar-refractivity contribution is -0.120. The van der Waals surface area contributed by atoms with Crippen LogP contribution in [0.15, 0.2) is 55.0 Å². The number of hydrogen-bond acceptors (Lipinski definition) is 7. The second-order valence-electron chi connectivity index (χ2n) is 8.96. The minimum absolute atomic E-state index is 0.130. The number of benzene rings is 1. The number of ether oxygens (including phenoxy) is 1. The Kier molecular flexibility index (Phi) is 6.18. The fourth-order valence-electron chi connectivity index (χ4n) is 3.85. The molecule has 2 heterocycles. The van der Waals surface area contributed by atoms with Gasteiger partial charge in [-0.25, -0.2) is 14.0 Å². The van der Waals surface area contributed by atoms with Crippen LogP contribution in [0.1, 0.15) is 27.2 Å². The quantitative estimate of drug-likeness (QED) is 0.462. The van der Waals surface area contributed by atoms with Gasteiger partial charge in [0, 0.05) is 24.7 Å². The van der Waals surface area contributed by atoms with Crippen LogP contribution < -0.4 is 14.9 Å². The van der Waals surface area contributed by atoms with Crippen LogP contribution in [0, 0.1) is 5.92 Å². The van der Waals surface area contributed by atoms with Crippen LogP contribution in [0.5, 0.6) is 5.75 Å². The van der Waals surface area contributed by atoms with Gasteiger partial charge >= 0.3 is 7.75 Å². The molecule has 2 fully saturated rings. The zero-order valence-electron chi connectivity index (χ0n) is 18.7. The molecular weight excluding hydrogens is 452 g/mol. The summed E-state index contributed by atoms with van der Waals surface area (Å²) >= 11 is 0. The predicted molar refractivity (Wildman–Crippen MR) is 118 cm³/mol. The van der Waals surface area contributed by atoms with E-state index in [4.69, 9.17) is 13.8 Å². The number of nitrogens with zero attached hydrogens (tertiary/aromatic N) is 1. The largest absolute Gasteiger partial charge is 0.459 e. The summed E-state index contributed by atoms with van der Waals surface area (Å²) in [6, 6.07) is 8.33. The summed E-state index contributed by atoms with van der Waals surface area (Å²) in [5.41, 5.74) is -3.92. The first-order chi connectivity index (χ1) is 15.5. The van der Waals surface area contributed by atoms with E-state index in [1.54, 1.807) is 30.3 Å². The molecule has 6 atom stereocenters. The van der Waals surface area contributed by atoms with Gasteiger partial charge in [-0.05, 0) is 25.0 Å². The molecule has 1 aliphatic carbocycles. The molecule has 3 N–H and O–H groups in total. The fraction of sp³-hybridized carbons (Fsp3) is 0.500. The van der Waals surface area contributed by atoms with Crippen molar-refractivity contribution in [1.29, 1.82) is 0 Å². The van der Waals surface area contributed by atoms with Gasteiger partial charge in [-0.15, -0.1) is 0 Å². The molecule has 1 saturated carbocycles. The SMILES string of the molecule is C=C1NC(=O)C=CN1C1O[C@H](CO[P@@](=O)(N[C@@H](C)C(C)C)Oc2ccccc2)C2(O)C[C@]12F. The molecule has 0 spiro atoms. The number of amides is 1. The molecule has 2 unspecified atom stereocenters. The Hall–Kier alpha value is -2.23. The number of rotatable bonds is 9. The maximum atomic E-state index is 15.5. The molecule has 0 aromatic heterocycles. The Morgan fingerprint density at radius 2 is 2.09 bits per heavy atom. The summed E-state index contributed by atoms with van der Waals surface area (Å²) in [5, 5.41) is 16.3. The maximum absolute atomic E-state index is 15.5. The number of alkyl halides is 1. The van der Waals surface area contributed by atoms with Crippen molar-refractivity contribution in [2.45, 2.75) is 56.8 Å². The lowest BCUT2D eigenvalue weighted by Crippen LogP contribution is -2.46. The van der Waals surface area contributed by atoms with Crippen molar-refractivity contribution in [3.05, 3.63) is 55.0 Å². The highest BCUT2D eigenvalue weighted by atomic mass is 31.2. The number of carbonyl (C=O) groups excluding carboxylic acids is 1. The van der Waals surface area contributed by atoms with E-state index in [-0.39, 0.29) is 30.8 Å². The molecule has 11 heteroatoms. The summed E-state index contributed by atoms with van der Waals surface area (Å²) in [7, 11) is -3.90. The molecule has 0 bridgehead atoms. The molecule has 1 aromatic rings. The summed E-state index contributed by atoms with van der Waals surface area (Å²) < 4.78 is 46.2. The average molecular weight is 481 g/mol. The summed E-state index contributed by atoms with van der Waals surface area (Å²) in [6.07, 6.45) is 0.0350. The van der Waals surface area contributed by atoms with Crippen LogP contribution in [-0.4, -0.2) is 52.2 Å². The standard InChI is InChI=1S/C22H29FN3O6P/c1-14(2)15(3)25-33(29,32-17-8-6-5-7-9-17)30-12-18-22(28)13-21(22,23)20(31-18)26-11-10-19(27)24-16(26)4/h5-11,14-15,18,20,28H,4,12-13H2,1-3H3,(H,24,27)(H,25,29)/t15-,18+,20?,21-,22?,33-/m0/s1. The van der Waals surface area contributed by atoms with Crippen LogP contribution in [-0.2, 0) is 18.6 Å². The normalized spacial score (nSPS) is 33.5. The van der Waals surface area contributed by atoms with Crippen LogP contribution >= 0.6 is 7.75 Å². The van der Waals surface area contributed by atoms with E-state index in [9.17, 15) is 14.5 Å². The molecule has 0 radical (unpaired) electrons. The minimum Gasteiger partial charge on any atom is -0.413 e. The van der Waals surface area contributed by atoms with Gasteiger partial charge in [0.1, 0.15) is 23.3 Å². The molecule has 2 aliphatic heterocycles. The number of hydrogen-bond donors (Lipinski definition) is 3. The minimum atomic E-state index is -3.90. The van der Waals surface area contributed by atoms with Gasteiger partial charge in [-0.1, -0.05) is 38.6 Å². The predicted octanol–water partition coefficient (Wildman–Crippen LogP) is 2.81. The average Bonchev–Trinajstić information content (AvgIpc) is 3.24. The number of para-hydroxylation sites is 1. The van der Waals surface area contributed by atoms with Gasteiger partial charge in [-0.2, -0.15) is 0 Å². The second-order valence-corrected chi connectivity index (χ2v) is 10.7. The third-order valence-corrected chi connectivity index (χ3v) is 7.95. The lowest BCUT2D eigenvalue weighted by Gasteiger charge is -2.33. The number of fused-ring (bicyclic) bond motifs is 1. The van der Waals surface area contributed by atoms with Gasteiger partial charge in [0.25, 0.3) is 5.91 Å². The van der Waals surface area contributed by atoms with Gasteiger partial charge in [0.2, 0.25) is 0 Å². The fourth-order valence-corrected chi connectivity index (χ4v) is 5.56. The number of carbonyl (C=O) groups is 1. The van der Waals surface area contributed by atoms with Crippen molar-refractivity contribution in [3.8, 4) is 5.75 Å². The topological polar surface area (TPSA) is 109 Å². The summed E-state index contributed by atoms with van der Waals surface area (Å²) in [6.45, 7) is 9.09. The van der Waals surface area contributed by atoms with E-state index in [0.29, 0.717) is 5.75 Å². The zero-order chi connectivity index (χ0) is 24.0. The highest BCUT2D eigenvalue weighted by Crippen LogP contribution is 2.64. The van der Waals surface area contributed by atoms with Crippen LogP contribution in [0.4, 0.5) is 4.39 Å². The van der Waals surface area contributed by atoms with Crippen molar-refractivity contribution in [2.75, 3.05) is 6.61 Å². The van der Waals surface area contributed by atoms with E-state index < -0.39 is 37.3 Å². The summed E-state index contributed by atoms with van der Waals surface area (Å²) in [4.78, 5) is 12.8. The summed E-state index contributed by atoms with van der Waals surface area (Å²) in [5.74, 6) is 0.208. The van der Waals surface area contributed by atoms with Gasteiger partial charge in [0.15, 0.2) is 11.9 Å². The molecule has 1 amide bonds. The second kappa shape index (κ2) is 8.52. The maximum Gasteiger partial charge on any atom is 0.459 e. The molecule has 9 nitrogen and oxygen atoms in total. The highest BCUT2D eigenvalue weighted by molar-refractivity contribution is 7.52. The Balaban J connectivity index is 1.49. The Bertz CT molecular complexity index is 1010. The van der Waals surface area contributed by atoms with E-state index in [2.05, 4.69) is 17.0 Å².